The number of aryl methyl sites for hydroxylation is 8. The number of benzene rings is 4. The molecule has 0 unspecified atom stereocenters. The summed E-state index contributed by atoms with van der Waals surface area (Å²) in [5.74, 6) is 0. The number of rotatable bonds is 7. The van der Waals surface area contributed by atoms with E-state index in [0.717, 1.165) is 0 Å². The summed E-state index contributed by atoms with van der Waals surface area (Å²) in [7, 11) is -0.940. The van der Waals surface area contributed by atoms with Gasteiger partial charge in [-0.15, -0.1) is 0 Å². The van der Waals surface area contributed by atoms with Crippen LogP contribution in [0, 0.1) is 55.4 Å². The molecule has 4 aromatic rings. The molecule has 0 aliphatic heterocycles. The molecule has 2 heteroatoms. The van der Waals surface area contributed by atoms with Crippen molar-refractivity contribution in [3.8, 4) is 0 Å². The molecule has 0 fully saturated rings. The molecule has 0 radical (unpaired) electrons. The van der Waals surface area contributed by atoms with Crippen molar-refractivity contribution < 1.29 is 0 Å². The summed E-state index contributed by atoms with van der Waals surface area (Å²) < 4.78 is 0. The van der Waals surface area contributed by atoms with Crippen molar-refractivity contribution in [1.82, 2.24) is 0 Å². The second-order valence-corrected chi connectivity index (χ2v) is 14.7. The highest BCUT2D eigenvalue weighted by Crippen LogP contribution is 2.45. The summed E-state index contributed by atoms with van der Waals surface area (Å²) in [5.41, 5.74) is 11.5. The predicted molar refractivity (Wildman–Crippen MR) is 166 cm³/mol. The molecule has 4 rings (SSSR count). The Balaban J connectivity index is 1.88. The Morgan fingerprint density at radius 1 is 0.333 bits per heavy atom. The maximum Gasteiger partial charge on any atom is -0.0137 e. The highest BCUT2D eigenvalue weighted by Gasteiger charge is 2.26. The van der Waals surface area contributed by atoms with Gasteiger partial charge in [-0.2, -0.15) is 0 Å². The lowest BCUT2D eigenvalue weighted by Gasteiger charge is -2.30. The molecule has 0 saturated carbocycles. The molecule has 4 aromatic carbocycles. The first-order valence-corrected chi connectivity index (χ1v) is 16.1. The van der Waals surface area contributed by atoms with Gasteiger partial charge in [-0.1, -0.05) is 72.8 Å². The van der Waals surface area contributed by atoms with Crippen molar-refractivity contribution in [2.24, 2.45) is 0 Å². The summed E-state index contributed by atoms with van der Waals surface area (Å²) in [6, 6.07) is 27.3. The van der Waals surface area contributed by atoms with E-state index in [1.165, 1.54) is 56.8 Å². The molecule has 36 heavy (non-hydrogen) atoms. The van der Waals surface area contributed by atoms with E-state index in [-0.39, 0.29) is 0 Å². The Bertz CT molecular complexity index is 1090. The minimum absolute atomic E-state index is 0.470. The molecule has 0 bridgehead atoms. The topological polar surface area (TPSA) is 0 Å². The summed E-state index contributed by atoms with van der Waals surface area (Å²) in [6.45, 7) is 18.5. The van der Waals surface area contributed by atoms with Gasteiger partial charge in [0, 0.05) is 0 Å². The van der Waals surface area contributed by atoms with Crippen LogP contribution in [-0.4, -0.2) is 12.3 Å². The molecule has 0 heterocycles. The Morgan fingerprint density at radius 3 is 0.667 bits per heavy atom. The van der Waals surface area contributed by atoms with Crippen LogP contribution >= 0.6 is 15.8 Å². The van der Waals surface area contributed by atoms with Gasteiger partial charge >= 0.3 is 0 Å². The second kappa shape index (κ2) is 11.4. The second-order valence-electron chi connectivity index (χ2n) is 10.3. The zero-order valence-corrected chi connectivity index (χ0v) is 25.0. The molecule has 0 aliphatic rings. The highest BCUT2D eigenvalue weighted by atomic mass is 31.1. The molecule has 0 spiro atoms. The minimum atomic E-state index is -0.470. The highest BCUT2D eigenvalue weighted by molar-refractivity contribution is 7.77. The van der Waals surface area contributed by atoms with E-state index in [1.54, 1.807) is 21.2 Å². The van der Waals surface area contributed by atoms with Gasteiger partial charge in [0.1, 0.15) is 0 Å². The van der Waals surface area contributed by atoms with E-state index in [4.69, 9.17) is 0 Å². The van der Waals surface area contributed by atoms with Gasteiger partial charge in [0.2, 0.25) is 0 Å². The lowest BCUT2D eigenvalue weighted by molar-refractivity contribution is 1.38. The Hall–Kier alpha value is -2.26. The summed E-state index contributed by atoms with van der Waals surface area (Å²) in [6.07, 6.45) is 2.42. The smallest absolute Gasteiger partial charge is 0.0137 e. The van der Waals surface area contributed by atoms with Crippen molar-refractivity contribution in [3.63, 3.8) is 0 Å². The summed E-state index contributed by atoms with van der Waals surface area (Å²) in [4.78, 5) is 0. The van der Waals surface area contributed by atoms with Crippen molar-refractivity contribution in [1.29, 1.82) is 0 Å². The average Bonchev–Trinajstić information content (AvgIpc) is 2.81. The first-order valence-electron chi connectivity index (χ1n) is 13.0. The molecule has 0 aromatic heterocycles. The van der Waals surface area contributed by atoms with Crippen LogP contribution in [0.3, 0.4) is 0 Å². The lowest BCUT2D eigenvalue weighted by Crippen LogP contribution is -2.27. The van der Waals surface area contributed by atoms with Crippen LogP contribution in [0.5, 0.6) is 0 Å². The Kier molecular flexibility index (Phi) is 8.50. The number of hydrogen-bond donors (Lipinski definition) is 0. The molecule has 0 amide bonds. The van der Waals surface area contributed by atoms with Crippen LogP contribution in [0.1, 0.15) is 44.5 Å². The quantitative estimate of drug-likeness (QED) is 0.223. The monoisotopic (exact) mass is 510 g/mol. The first kappa shape index (κ1) is 26.8. The van der Waals surface area contributed by atoms with Crippen molar-refractivity contribution >= 4 is 37.1 Å². The third-order valence-corrected chi connectivity index (χ3v) is 14.1. The molecule has 0 nitrogen and oxygen atoms in total. The third kappa shape index (κ3) is 5.37. The van der Waals surface area contributed by atoms with Gasteiger partial charge in [0.25, 0.3) is 0 Å². The summed E-state index contributed by atoms with van der Waals surface area (Å²) in [5, 5.41) is 6.34. The fourth-order valence-corrected chi connectivity index (χ4v) is 12.7. The van der Waals surface area contributed by atoms with Crippen LogP contribution < -0.4 is 21.2 Å². The van der Waals surface area contributed by atoms with Crippen LogP contribution in [0.15, 0.2) is 72.8 Å². The van der Waals surface area contributed by atoms with E-state index >= 15 is 0 Å². The lowest BCUT2D eigenvalue weighted by atomic mass is 10.1. The van der Waals surface area contributed by atoms with Crippen molar-refractivity contribution in [2.45, 2.75) is 55.4 Å². The van der Waals surface area contributed by atoms with Crippen LogP contribution in [0.4, 0.5) is 0 Å². The summed E-state index contributed by atoms with van der Waals surface area (Å²) >= 11 is 0. The fourth-order valence-electron chi connectivity index (χ4n) is 5.80. The number of hydrogen-bond acceptors (Lipinski definition) is 0. The van der Waals surface area contributed by atoms with Crippen LogP contribution in [-0.2, 0) is 0 Å². The first-order chi connectivity index (χ1) is 17.2. The van der Waals surface area contributed by atoms with Gasteiger partial charge in [0.15, 0.2) is 0 Å². The average molecular weight is 511 g/mol. The molecule has 0 aliphatic carbocycles. The molecule has 0 atom stereocenters. The SMILES string of the molecule is Cc1cccc(C)c1P(CCP(c1c(C)cccc1C)c1c(C)cccc1C)c1c(C)cccc1C. The molecule has 186 valence electrons. The van der Waals surface area contributed by atoms with Gasteiger partial charge in [0.05, 0.1) is 0 Å². The Labute approximate surface area is 221 Å². The standard InChI is InChI=1S/C34H40P2/c1-23-13-9-14-24(2)31(23)35(32-25(3)15-10-16-26(32)4)21-22-36(33-27(5)17-11-18-28(33)6)34-29(7)19-12-20-30(34)8/h9-20H,21-22H2,1-8H3. The molecular formula is C34H40P2. The largest absolute Gasteiger partial charge is 0.0617 e. The van der Waals surface area contributed by atoms with E-state index in [9.17, 15) is 0 Å². The molecule has 0 saturated heterocycles. The zero-order valence-electron chi connectivity index (χ0n) is 23.2. The van der Waals surface area contributed by atoms with Gasteiger partial charge < -0.3 is 0 Å². The van der Waals surface area contributed by atoms with Gasteiger partial charge in [-0.05, 0) is 149 Å². The van der Waals surface area contributed by atoms with E-state index in [1.807, 2.05) is 0 Å². The maximum absolute atomic E-state index is 2.31. The fraction of sp³-hybridized carbons (Fsp3) is 0.294. The maximum atomic E-state index is 2.31. The van der Waals surface area contributed by atoms with E-state index < -0.39 is 15.8 Å². The Morgan fingerprint density at radius 2 is 0.500 bits per heavy atom. The van der Waals surface area contributed by atoms with Crippen molar-refractivity contribution in [2.75, 3.05) is 12.3 Å². The normalized spacial score (nSPS) is 11.5. The third-order valence-electron chi connectivity index (χ3n) is 7.38. The molecule has 0 N–H and O–H groups in total. The van der Waals surface area contributed by atoms with Crippen LogP contribution in [0.25, 0.3) is 0 Å². The minimum Gasteiger partial charge on any atom is -0.0617 e. The van der Waals surface area contributed by atoms with Crippen LogP contribution in [0.2, 0.25) is 0 Å². The predicted octanol–water partition coefficient (Wildman–Crippen LogP) is 7.72. The van der Waals surface area contributed by atoms with Gasteiger partial charge in [-0.3, -0.25) is 0 Å². The van der Waals surface area contributed by atoms with E-state index in [2.05, 4.69) is 128 Å². The molecular weight excluding hydrogens is 470 g/mol. The van der Waals surface area contributed by atoms with Crippen molar-refractivity contribution in [3.05, 3.63) is 117 Å². The van der Waals surface area contributed by atoms with E-state index in [0.29, 0.717) is 0 Å². The zero-order chi connectivity index (χ0) is 26.0. The van der Waals surface area contributed by atoms with Gasteiger partial charge in [-0.25, -0.2) is 0 Å².